The van der Waals surface area contributed by atoms with E-state index in [9.17, 15) is 9.18 Å². The first-order valence-electron chi connectivity index (χ1n) is 7.17. The maximum absolute atomic E-state index is 13.6. The molecule has 0 saturated carbocycles. The van der Waals surface area contributed by atoms with E-state index in [1.807, 2.05) is 13.1 Å². The third kappa shape index (κ3) is 2.54. The summed E-state index contributed by atoms with van der Waals surface area (Å²) in [7, 11) is 0. The fraction of sp³-hybridized carbons (Fsp3) is 0.294. The molecule has 1 aromatic rings. The van der Waals surface area contributed by atoms with Crippen molar-refractivity contribution in [2.45, 2.75) is 26.2 Å². The molecule has 1 atom stereocenters. The zero-order valence-corrected chi connectivity index (χ0v) is 14.0. The molecule has 2 aliphatic heterocycles. The average Bonchev–Trinajstić information content (AvgIpc) is 2.48. The molecule has 1 unspecified atom stereocenters. The second-order valence-electron chi connectivity index (χ2n) is 5.52. The van der Waals surface area contributed by atoms with Crippen LogP contribution in [0, 0.1) is 5.82 Å². The summed E-state index contributed by atoms with van der Waals surface area (Å²) in [5.74, 6) is -0.513. The summed E-state index contributed by atoms with van der Waals surface area (Å²) in [4.78, 5) is 16.8. The van der Waals surface area contributed by atoms with E-state index in [4.69, 9.17) is 0 Å². The Morgan fingerprint density at radius 3 is 2.91 bits per heavy atom. The summed E-state index contributed by atoms with van der Waals surface area (Å²) in [6.07, 6.45) is 2.76. The molecular formula is C17H16BrFN2O. The Morgan fingerprint density at radius 2 is 2.23 bits per heavy atom. The van der Waals surface area contributed by atoms with Crippen LogP contribution in [0.4, 0.5) is 4.39 Å². The number of carbonyl (C=O) groups excluding carboxylic acids is 1. The molecule has 5 heteroatoms. The lowest BCUT2D eigenvalue weighted by Crippen LogP contribution is -2.30. The van der Waals surface area contributed by atoms with Crippen LogP contribution in [0.3, 0.4) is 0 Å². The maximum Gasteiger partial charge on any atom is 0.158 e. The minimum atomic E-state index is -0.311. The van der Waals surface area contributed by atoms with Gasteiger partial charge in [-0.25, -0.2) is 4.39 Å². The van der Waals surface area contributed by atoms with Gasteiger partial charge >= 0.3 is 0 Å². The van der Waals surface area contributed by atoms with E-state index in [1.165, 1.54) is 6.07 Å². The van der Waals surface area contributed by atoms with Crippen molar-refractivity contribution >= 4 is 27.4 Å². The van der Waals surface area contributed by atoms with E-state index in [1.54, 1.807) is 19.1 Å². The molecule has 0 amide bonds. The van der Waals surface area contributed by atoms with Gasteiger partial charge in [-0.15, -0.1) is 0 Å². The molecule has 0 aliphatic carbocycles. The molecule has 114 valence electrons. The Labute approximate surface area is 137 Å². The number of hydrogen-bond acceptors (Lipinski definition) is 3. The highest BCUT2D eigenvalue weighted by atomic mass is 79.9. The number of aliphatic imine (C=N–C) groups is 1. The highest BCUT2D eigenvalue weighted by Gasteiger charge is 2.33. The van der Waals surface area contributed by atoms with Gasteiger partial charge in [-0.1, -0.05) is 6.07 Å². The van der Waals surface area contributed by atoms with E-state index in [0.29, 0.717) is 10.0 Å². The Morgan fingerprint density at radius 1 is 1.45 bits per heavy atom. The summed E-state index contributed by atoms with van der Waals surface area (Å²) >= 11 is 3.23. The topological polar surface area (TPSA) is 41.5 Å². The Bertz CT molecular complexity index is 749. The number of fused-ring (bicyclic) bond motifs is 1. The van der Waals surface area contributed by atoms with Crippen molar-refractivity contribution in [1.82, 2.24) is 5.32 Å². The normalized spacial score (nSPS) is 20.8. The van der Waals surface area contributed by atoms with Crippen molar-refractivity contribution in [2.24, 2.45) is 4.99 Å². The van der Waals surface area contributed by atoms with Crippen molar-refractivity contribution in [2.75, 3.05) is 6.54 Å². The van der Waals surface area contributed by atoms with Crippen LogP contribution in [0.1, 0.15) is 31.7 Å². The minimum Gasteiger partial charge on any atom is -0.390 e. The molecule has 2 heterocycles. The quantitative estimate of drug-likeness (QED) is 0.867. The fourth-order valence-electron chi connectivity index (χ4n) is 3.09. The number of ketones is 1. The van der Waals surface area contributed by atoms with Crippen LogP contribution in [0.5, 0.6) is 0 Å². The molecule has 2 aliphatic rings. The molecule has 3 nitrogen and oxygen atoms in total. The number of allylic oxidation sites excluding steroid dienone is 3. The molecule has 1 aromatic carbocycles. The van der Waals surface area contributed by atoms with Gasteiger partial charge in [0.05, 0.1) is 4.47 Å². The van der Waals surface area contributed by atoms with Gasteiger partial charge in [0.1, 0.15) is 5.82 Å². The third-order valence-electron chi connectivity index (χ3n) is 4.05. The van der Waals surface area contributed by atoms with E-state index in [-0.39, 0.29) is 17.5 Å². The first-order valence-corrected chi connectivity index (χ1v) is 7.96. The van der Waals surface area contributed by atoms with E-state index >= 15 is 0 Å². The first kappa shape index (κ1) is 15.2. The molecular weight excluding hydrogens is 347 g/mol. The number of carbonyl (C=O) groups is 1. The number of nitrogens with one attached hydrogen (secondary N) is 1. The molecule has 1 N–H and O–H groups in total. The smallest absolute Gasteiger partial charge is 0.158 e. The molecule has 0 aromatic heterocycles. The zero-order chi connectivity index (χ0) is 15.9. The largest absolute Gasteiger partial charge is 0.390 e. The second kappa shape index (κ2) is 5.80. The van der Waals surface area contributed by atoms with Gasteiger partial charge in [0.15, 0.2) is 5.78 Å². The van der Waals surface area contributed by atoms with Crippen LogP contribution in [0.2, 0.25) is 0 Å². The molecule has 3 rings (SSSR count). The van der Waals surface area contributed by atoms with Crippen LogP contribution in [-0.2, 0) is 4.79 Å². The number of hydrogen-bond donors (Lipinski definition) is 1. The van der Waals surface area contributed by atoms with Crippen LogP contribution < -0.4 is 5.32 Å². The zero-order valence-electron chi connectivity index (χ0n) is 12.4. The summed E-state index contributed by atoms with van der Waals surface area (Å²) < 4.78 is 14.0. The van der Waals surface area contributed by atoms with Gasteiger partial charge in [0.2, 0.25) is 0 Å². The van der Waals surface area contributed by atoms with Crippen LogP contribution in [-0.4, -0.2) is 18.0 Å². The highest BCUT2D eigenvalue weighted by molar-refractivity contribution is 9.10. The Balaban J connectivity index is 2.20. The average molecular weight is 363 g/mol. The van der Waals surface area contributed by atoms with Gasteiger partial charge < -0.3 is 5.32 Å². The summed E-state index contributed by atoms with van der Waals surface area (Å²) in [5, 5.41) is 3.22. The molecule has 0 fully saturated rings. The number of halogens is 2. The van der Waals surface area contributed by atoms with E-state index < -0.39 is 0 Å². The maximum atomic E-state index is 13.6. The van der Waals surface area contributed by atoms with Crippen molar-refractivity contribution in [1.29, 1.82) is 0 Å². The number of Topliss-reactive ketones (excluding diaryl/α,β-unsaturated/α-hetero) is 1. The second-order valence-corrected chi connectivity index (χ2v) is 6.38. The monoisotopic (exact) mass is 362 g/mol. The van der Waals surface area contributed by atoms with Crippen LogP contribution >= 0.6 is 15.9 Å². The van der Waals surface area contributed by atoms with Gasteiger partial charge in [0, 0.05) is 47.6 Å². The minimum absolute atomic E-state index is 0.00257. The summed E-state index contributed by atoms with van der Waals surface area (Å²) in [6, 6.07) is 4.91. The summed E-state index contributed by atoms with van der Waals surface area (Å²) in [6.45, 7) is 4.26. The van der Waals surface area contributed by atoms with Gasteiger partial charge in [0.25, 0.3) is 0 Å². The predicted octanol–water partition coefficient (Wildman–Crippen LogP) is 3.87. The summed E-state index contributed by atoms with van der Waals surface area (Å²) in [5.41, 5.74) is 4.33. The molecule has 0 radical (unpaired) electrons. The Kier molecular flexibility index (Phi) is 4.00. The predicted molar refractivity (Wildman–Crippen MR) is 88.4 cm³/mol. The van der Waals surface area contributed by atoms with Crippen molar-refractivity contribution in [3.63, 3.8) is 0 Å². The lowest BCUT2D eigenvalue weighted by molar-refractivity contribution is -0.113. The molecule has 0 saturated heterocycles. The Hall–Kier alpha value is -1.75. The first-order chi connectivity index (χ1) is 10.5. The molecule has 22 heavy (non-hydrogen) atoms. The van der Waals surface area contributed by atoms with Crippen molar-refractivity contribution < 1.29 is 9.18 Å². The van der Waals surface area contributed by atoms with E-state index in [0.717, 1.165) is 35.5 Å². The van der Waals surface area contributed by atoms with Crippen LogP contribution in [0.25, 0.3) is 0 Å². The van der Waals surface area contributed by atoms with Gasteiger partial charge in [-0.05, 0) is 47.5 Å². The van der Waals surface area contributed by atoms with Crippen molar-refractivity contribution in [3.05, 3.63) is 57.1 Å². The lowest BCUT2D eigenvalue weighted by Gasteiger charge is -2.31. The molecule has 0 spiro atoms. The van der Waals surface area contributed by atoms with Crippen molar-refractivity contribution in [3.8, 4) is 0 Å². The number of benzene rings is 1. The standard InChI is InChI=1S/C17H16BrFN2O/c1-9-16(10(2)22)17(11-3-4-14(19)13(18)7-11)12-8-20-6-5-15(12)21-9/h3-4,7-8,17,20H,5-6H2,1-2H3. The fourth-order valence-corrected chi connectivity index (χ4v) is 3.49. The van der Waals surface area contributed by atoms with Gasteiger partial charge in [-0.2, -0.15) is 0 Å². The number of nitrogens with zero attached hydrogens (tertiary/aromatic N) is 1. The SMILES string of the molecule is CC(=O)C1=C(C)N=C2CCNC=C2C1c1ccc(F)c(Br)c1. The van der Waals surface area contributed by atoms with Gasteiger partial charge in [-0.3, -0.25) is 9.79 Å². The molecule has 0 bridgehead atoms. The third-order valence-corrected chi connectivity index (χ3v) is 4.65. The van der Waals surface area contributed by atoms with Crippen LogP contribution in [0.15, 0.2) is 50.7 Å². The highest BCUT2D eigenvalue weighted by Crippen LogP contribution is 2.40. The number of rotatable bonds is 2. The van der Waals surface area contributed by atoms with E-state index in [2.05, 4.69) is 26.2 Å². The lowest BCUT2D eigenvalue weighted by atomic mass is 9.77.